The van der Waals surface area contributed by atoms with E-state index in [9.17, 15) is 9.59 Å². The van der Waals surface area contributed by atoms with E-state index in [-0.39, 0.29) is 13.0 Å². The van der Waals surface area contributed by atoms with E-state index >= 15 is 0 Å². The average Bonchev–Trinajstić information content (AvgIpc) is 2.98. The van der Waals surface area contributed by atoms with Gasteiger partial charge in [0, 0.05) is 30.1 Å². The Morgan fingerprint density at radius 1 is 1.25 bits per heavy atom. The summed E-state index contributed by atoms with van der Waals surface area (Å²) in [5.41, 5.74) is 5.83. The van der Waals surface area contributed by atoms with Crippen molar-refractivity contribution in [1.29, 1.82) is 0 Å². The number of aromatic nitrogens is 1. The Bertz CT molecular complexity index is 1040. The monoisotopic (exact) mass is 397 g/mol. The number of carbonyl (C=O) groups excluding carboxylic acids is 2. The lowest BCUT2D eigenvalue weighted by Gasteiger charge is -2.08. The molecule has 0 fully saturated rings. The smallest absolute Gasteiger partial charge is 0.312 e. The summed E-state index contributed by atoms with van der Waals surface area (Å²) in [7, 11) is 3.41. The Morgan fingerprint density at radius 3 is 2.68 bits per heavy atom. The number of hydrazone groups is 1. The lowest BCUT2D eigenvalue weighted by molar-refractivity contribution is -0.143. The Hall–Kier alpha value is -3.12. The maximum absolute atomic E-state index is 12.4. The molecule has 0 unspecified atom stereocenters. The van der Waals surface area contributed by atoms with Crippen LogP contribution in [0.15, 0.2) is 53.6 Å². The number of benzene rings is 2. The van der Waals surface area contributed by atoms with Crippen LogP contribution in [-0.4, -0.2) is 29.6 Å². The van der Waals surface area contributed by atoms with Crippen molar-refractivity contribution in [2.24, 2.45) is 12.1 Å². The summed E-state index contributed by atoms with van der Waals surface area (Å²) >= 11 is 6.10. The molecule has 0 amide bonds. The fraction of sp³-hybridized carbons (Fsp3) is 0.190. The lowest BCUT2D eigenvalue weighted by Crippen LogP contribution is -2.16. The topological polar surface area (TPSA) is 72.7 Å². The summed E-state index contributed by atoms with van der Waals surface area (Å²) in [5, 5.41) is 5.60. The van der Waals surface area contributed by atoms with Crippen molar-refractivity contribution in [3.05, 3.63) is 70.4 Å². The van der Waals surface area contributed by atoms with E-state index < -0.39 is 5.97 Å². The molecule has 3 aromatic rings. The molecule has 1 N–H and O–H groups in total. The highest BCUT2D eigenvalue weighted by atomic mass is 35.5. The molecule has 0 spiro atoms. The summed E-state index contributed by atoms with van der Waals surface area (Å²) in [6.07, 6.45) is 0.681. The van der Waals surface area contributed by atoms with Gasteiger partial charge in [0.1, 0.15) is 6.61 Å². The van der Waals surface area contributed by atoms with Gasteiger partial charge in [0.25, 0.3) is 0 Å². The molecular formula is C21H20ClN3O3. The SMILES string of the molecule is CN/N=C(/CC(=O)OCc1ccccc1)c1c(C=O)n(C)c2cc(Cl)ccc12. The number of esters is 1. The minimum Gasteiger partial charge on any atom is -0.461 e. The highest BCUT2D eigenvalue weighted by Crippen LogP contribution is 2.28. The van der Waals surface area contributed by atoms with Crippen LogP contribution >= 0.6 is 11.6 Å². The van der Waals surface area contributed by atoms with E-state index in [1.807, 2.05) is 36.4 Å². The summed E-state index contributed by atoms with van der Waals surface area (Å²) in [5.74, 6) is -0.430. The molecule has 0 bridgehead atoms. The van der Waals surface area contributed by atoms with Crippen molar-refractivity contribution in [3.8, 4) is 0 Å². The van der Waals surface area contributed by atoms with Gasteiger partial charge in [-0.2, -0.15) is 5.10 Å². The molecule has 0 aliphatic heterocycles. The summed E-state index contributed by atoms with van der Waals surface area (Å²) < 4.78 is 7.11. The number of ether oxygens (including phenoxy) is 1. The normalized spacial score (nSPS) is 11.5. The van der Waals surface area contributed by atoms with Gasteiger partial charge in [-0.15, -0.1) is 0 Å². The number of nitrogens with one attached hydrogen (secondary N) is 1. The number of hydrogen-bond acceptors (Lipinski definition) is 5. The molecule has 6 nitrogen and oxygen atoms in total. The maximum Gasteiger partial charge on any atom is 0.312 e. The minimum atomic E-state index is -0.430. The molecule has 28 heavy (non-hydrogen) atoms. The third-order valence-electron chi connectivity index (χ3n) is 4.41. The van der Waals surface area contributed by atoms with E-state index in [0.29, 0.717) is 22.0 Å². The van der Waals surface area contributed by atoms with Gasteiger partial charge >= 0.3 is 5.97 Å². The van der Waals surface area contributed by atoms with Gasteiger partial charge in [-0.1, -0.05) is 48.0 Å². The van der Waals surface area contributed by atoms with Crippen molar-refractivity contribution < 1.29 is 14.3 Å². The Labute approximate surface area is 167 Å². The van der Waals surface area contributed by atoms with Gasteiger partial charge in [0.05, 0.1) is 23.3 Å². The van der Waals surface area contributed by atoms with Gasteiger partial charge < -0.3 is 14.7 Å². The first-order valence-corrected chi connectivity index (χ1v) is 9.09. The molecule has 0 atom stereocenters. The van der Waals surface area contributed by atoms with Gasteiger partial charge in [0.2, 0.25) is 0 Å². The van der Waals surface area contributed by atoms with Gasteiger partial charge in [-0.3, -0.25) is 9.59 Å². The molecule has 2 aromatic carbocycles. The molecule has 0 saturated carbocycles. The molecule has 0 aliphatic carbocycles. The van der Waals surface area contributed by atoms with Crippen LogP contribution < -0.4 is 5.43 Å². The first kappa shape index (κ1) is 19.6. The second-order valence-corrected chi connectivity index (χ2v) is 6.64. The highest BCUT2D eigenvalue weighted by molar-refractivity contribution is 6.31. The van der Waals surface area contributed by atoms with Crippen LogP contribution in [0.3, 0.4) is 0 Å². The van der Waals surface area contributed by atoms with Crippen LogP contribution in [0.1, 0.15) is 28.0 Å². The Kier molecular flexibility index (Phi) is 6.11. The summed E-state index contributed by atoms with van der Waals surface area (Å²) in [6, 6.07) is 14.8. The largest absolute Gasteiger partial charge is 0.461 e. The predicted octanol–water partition coefficient (Wildman–Crippen LogP) is 3.70. The highest BCUT2D eigenvalue weighted by Gasteiger charge is 2.22. The predicted molar refractivity (Wildman–Crippen MR) is 110 cm³/mol. The van der Waals surface area contributed by atoms with E-state index in [1.165, 1.54) is 0 Å². The fourth-order valence-electron chi connectivity index (χ4n) is 3.12. The van der Waals surface area contributed by atoms with Gasteiger partial charge in [-0.25, -0.2) is 0 Å². The maximum atomic E-state index is 12.4. The zero-order valence-corrected chi connectivity index (χ0v) is 16.4. The molecule has 0 saturated heterocycles. The molecular weight excluding hydrogens is 378 g/mol. The number of fused-ring (bicyclic) bond motifs is 1. The minimum absolute atomic E-state index is 0.0732. The number of rotatable bonds is 7. The second-order valence-electron chi connectivity index (χ2n) is 6.20. The molecule has 0 radical (unpaired) electrons. The first-order valence-electron chi connectivity index (χ1n) is 8.71. The zero-order chi connectivity index (χ0) is 20.1. The van der Waals surface area contributed by atoms with Crippen molar-refractivity contribution >= 4 is 40.5 Å². The van der Waals surface area contributed by atoms with Crippen LogP contribution in [0.4, 0.5) is 0 Å². The molecule has 3 rings (SSSR count). The first-order chi connectivity index (χ1) is 13.5. The van der Waals surface area contributed by atoms with Crippen LogP contribution in [0.5, 0.6) is 0 Å². The molecule has 0 aliphatic rings. The number of hydrogen-bond donors (Lipinski definition) is 1. The summed E-state index contributed by atoms with van der Waals surface area (Å²) in [6.45, 7) is 0.179. The van der Waals surface area contributed by atoms with Crippen molar-refractivity contribution in [3.63, 3.8) is 0 Å². The average molecular weight is 398 g/mol. The Balaban J connectivity index is 1.91. The van der Waals surface area contributed by atoms with E-state index in [2.05, 4.69) is 10.5 Å². The number of aldehydes is 1. The molecule has 1 aromatic heterocycles. The van der Waals surface area contributed by atoms with Crippen LogP contribution in [0.25, 0.3) is 10.9 Å². The number of nitrogens with zero attached hydrogens (tertiary/aromatic N) is 2. The van der Waals surface area contributed by atoms with Gasteiger partial charge in [0.15, 0.2) is 6.29 Å². The number of carbonyl (C=O) groups is 2. The zero-order valence-electron chi connectivity index (χ0n) is 15.6. The van der Waals surface area contributed by atoms with Crippen LogP contribution in [0.2, 0.25) is 5.02 Å². The third kappa shape index (κ3) is 4.07. The number of aryl methyl sites for hydroxylation is 1. The van der Waals surface area contributed by atoms with E-state index in [1.54, 1.807) is 30.8 Å². The number of halogens is 1. The lowest BCUT2D eigenvalue weighted by atomic mass is 10.0. The van der Waals surface area contributed by atoms with Gasteiger partial charge in [-0.05, 0) is 17.7 Å². The molecule has 1 heterocycles. The summed E-state index contributed by atoms with van der Waals surface area (Å²) in [4.78, 5) is 24.2. The molecule has 144 valence electrons. The van der Waals surface area contributed by atoms with Crippen molar-refractivity contribution in [1.82, 2.24) is 9.99 Å². The van der Waals surface area contributed by atoms with Crippen LogP contribution in [0, 0.1) is 0 Å². The quantitative estimate of drug-likeness (QED) is 0.285. The second kappa shape index (κ2) is 8.71. The Morgan fingerprint density at radius 2 is 2.00 bits per heavy atom. The van der Waals surface area contributed by atoms with Crippen LogP contribution in [-0.2, 0) is 23.2 Å². The third-order valence-corrected chi connectivity index (χ3v) is 4.64. The fourth-order valence-corrected chi connectivity index (χ4v) is 3.28. The van der Waals surface area contributed by atoms with E-state index in [0.717, 1.165) is 22.8 Å². The van der Waals surface area contributed by atoms with Crippen molar-refractivity contribution in [2.45, 2.75) is 13.0 Å². The standard InChI is InChI=1S/C21H20ClN3O3/c1-23-24-17(11-20(27)28-13-14-6-4-3-5-7-14)21-16-9-8-15(22)10-18(16)25(2)19(21)12-26/h3-10,12,23H,11,13H2,1-2H3/b24-17-. The molecule has 7 heteroatoms. The van der Waals surface area contributed by atoms with E-state index in [4.69, 9.17) is 16.3 Å². The van der Waals surface area contributed by atoms with Crippen molar-refractivity contribution in [2.75, 3.05) is 7.05 Å².